The fourth-order valence-corrected chi connectivity index (χ4v) is 4.67. The van der Waals surface area contributed by atoms with E-state index in [1.807, 2.05) is 47.8 Å². The van der Waals surface area contributed by atoms with E-state index < -0.39 is 0 Å². The molecule has 4 aromatic rings. The molecule has 192 valence electrons. The molecule has 1 aromatic heterocycles. The minimum absolute atomic E-state index is 0.132. The number of nitrogens with one attached hydrogen (secondary N) is 1. The molecule has 0 bridgehead atoms. The first-order valence-corrected chi connectivity index (χ1v) is 13.4. The third kappa shape index (κ3) is 8.51. The molecule has 5 nitrogen and oxygen atoms in total. The minimum Gasteiger partial charge on any atom is -0.489 e. The van der Waals surface area contributed by atoms with Crippen LogP contribution in [-0.4, -0.2) is 22.3 Å². The lowest BCUT2D eigenvalue weighted by Crippen LogP contribution is -2.25. The van der Waals surface area contributed by atoms with Crippen molar-refractivity contribution in [3.63, 3.8) is 0 Å². The van der Waals surface area contributed by atoms with E-state index in [0.717, 1.165) is 40.3 Å². The Kier molecular flexibility index (Phi) is 9.80. The van der Waals surface area contributed by atoms with E-state index in [0.29, 0.717) is 38.5 Å². The van der Waals surface area contributed by atoms with Crippen LogP contribution in [0.1, 0.15) is 52.0 Å². The molecule has 1 amide bonds. The summed E-state index contributed by atoms with van der Waals surface area (Å²) >= 11 is 1.48. The van der Waals surface area contributed by atoms with Gasteiger partial charge in [-0.15, -0.1) is 11.3 Å². The van der Waals surface area contributed by atoms with Crippen LogP contribution >= 0.6 is 11.3 Å². The molecular formula is C30H32FN3O2S. The maximum absolute atomic E-state index is 13.4. The first-order chi connectivity index (χ1) is 18.1. The van der Waals surface area contributed by atoms with Crippen LogP contribution in [0.15, 0.2) is 84.2 Å². The van der Waals surface area contributed by atoms with Crippen LogP contribution in [0.5, 0.6) is 5.75 Å². The molecule has 0 saturated carbocycles. The summed E-state index contributed by atoms with van der Waals surface area (Å²) in [6.45, 7) is 5.15. The van der Waals surface area contributed by atoms with Gasteiger partial charge in [0.25, 0.3) is 5.91 Å². The number of nitrogens with zero attached hydrogens (tertiary/aromatic N) is 2. The summed E-state index contributed by atoms with van der Waals surface area (Å²) in [5.74, 6) is 0.434. The van der Waals surface area contributed by atoms with Gasteiger partial charge in [-0.1, -0.05) is 67.9 Å². The maximum Gasteiger partial charge on any atom is 0.270 e. The highest BCUT2D eigenvalue weighted by atomic mass is 32.1. The highest BCUT2D eigenvalue weighted by Gasteiger charge is 2.15. The van der Waals surface area contributed by atoms with E-state index >= 15 is 0 Å². The predicted octanol–water partition coefficient (Wildman–Crippen LogP) is 6.59. The Morgan fingerprint density at radius 3 is 2.27 bits per heavy atom. The lowest BCUT2D eigenvalue weighted by molar-refractivity contribution is 0.0948. The van der Waals surface area contributed by atoms with Gasteiger partial charge in [0.2, 0.25) is 0 Å². The van der Waals surface area contributed by atoms with Crippen molar-refractivity contribution in [1.82, 2.24) is 15.2 Å². The SMILES string of the molecule is CCCCNC(=O)c1csc(CN(Cc2ccc(F)cc2)Cc2ccc(OCc3ccccc3)cc2)n1. The van der Waals surface area contributed by atoms with Crippen LogP contribution in [0.2, 0.25) is 0 Å². The highest BCUT2D eigenvalue weighted by molar-refractivity contribution is 7.09. The standard InChI is InChI=1S/C30H32FN3O2S/c1-2-3-17-32-30(35)28-22-37-29(33-28)20-34(18-23-9-13-26(31)14-10-23)19-24-11-15-27(16-12-24)36-21-25-7-5-4-6-8-25/h4-16,22H,2-3,17-21H2,1H3,(H,32,35). The highest BCUT2D eigenvalue weighted by Crippen LogP contribution is 2.20. The number of unbranched alkanes of at least 4 members (excludes halogenated alkanes) is 1. The van der Waals surface area contributed by atoms with Crippen molar-refractivity contribution in [3.8, 4) is 5.75 Å². The van der Waals surface area contributed by atoms with Crippen LogP contribution < -0.4 is 10.1 Å². The normalized spacial score (nSPS) is 11.0. The molecule has 0 fully saturated rings. The average Bonchev–Trinajstić information content (AvgIpc) is 3.39. The minimum atomic E-state index is -0.250. The predicted molar refractivity (Wildman–Crippen MR) is 146 cm³/mol. The van der Waals surface area contributed by atoms with Crippen LogP contribution in [-0.2, 0) is 26.2 Å². The van der Waals surface area contributed by atoms with Gasteiger partial charge in [-0.3, -0.25) is 9.69 Å². The van der Waals surface area contributed by atoms with Crippen molar-refractivity contribution < 1.29 is 13.9 Å². The first-order valence-electron chi connectivity index (χ1n) is 12.5. The van der Waals surface area contributed by atoms with Gasteiger partial charge >= 0.3 is 0 Å². The fraction of sp³-hybridized carbons (Fsp3) is 0.267. The van der Waals surface area contributed by atoms with Crippen molar-refractivity contribution in [2.45, 2.75) is 46.0 Å². The number of carbonyl (C=O) groups is 1. The van der Waals surface area contributed by atoms with Gasteiger partial charge in [0, 0.05) is 25.0 Å². The number of rotatable bonds is 13. The van der Waals surface area contributed by atoms with E-state index in [-0.39, 0.29) is 11.7 Å². The number of carbonyl (C=O) groups excluding carboxylic acids is 1. The smallest absolute Gasteiger partial charge is 0.270 e. The van der Waals surface area contributed by atoms with E-state index in [4.69, 9.17) is 4.74 Å². The summed E-state index contributed by atoms with van der Waals surface area (Å²) in [7, 11) is 0. The molecule has 3 aromatic carbocycles. The number of hydrogen-bond donors (Lipinski definition) is 1. The zero-order chi connectivity index (χ0) is 25.9. The zero-order valence-corrected chi connectivity index (χ0v) is 21.8. The quantitative estimate of drug-likeness (QED) is 0.203. The van der Waals surface area contributed by atoms with Crippen LogP contribution in [0, 0.1) is 5.82 Å². The summed E-state index contributed by atoms with van der Waals surface area (Å²) in [4.78, 5) is 19.2. The Morgan fingerprint density at radius 1 is 0.919 bits per heavy atom. The molecule has 4 rings (SSSR count). The molecule has 0 unspecified atom stereocenters. The second kappa shape index (κ2) is 13.7. The lowest BCUT2D eigenvalue weighted by atomic mass is 10.1. The number of benzene rings is 3. The Morgan fingerprint density at radius 2 is 1.59 bits per heavy atom. The van der Waals surface area contributed by atoms with Crippen molar-refractivity contribution in [2.24, 2.45) is 0 Å². The summed E-state index contributed by atoms with van der Waals surface area (Å²) in [6.07, 6.45) is 1.98. The third-order valence-corrected chi connectivity index (χ3v) is 6.69. The van der Waals surface area contributed by atoms with Crippen LogP contribution in [0.25, 0.3) is 0 Å². The van der Waals surface area contributed by atoms with E-state index in [1.54, 1.807) is 12.1 Å². The van der Waals surface area contributed by atoms with E-state index in [1.165, 1.54) is 23.5 Å². The van der Waals surface area contributed by atoms with Crippen molar-refractivity contribution in [2.75, 3.05) is 6.54 Å². The van der Waals surface area contributed by atoms with Gasteiger partial charge in [-0.25, -0.2) is 9.37 Å². The van der Waals surface area contributed by atoms with Crippen LogP contribution in [0.4, 0.5) is 4.39 Å². The van der Waals surface area contributed by atoms with E-state index in [9.17, 15) is 9.18 Å². The largest absolute Gasteiger partial charge is 0.489 e. The lowest BCUT2D eigenvalue weighted by Gasteiger charge is -2.22. The zero-order valence-electron chi connectivity index (χ0n) is 21.0. The molecule has 0 atom stereocenters. The number of hydrogen-bond acceptors (Lipinski definition) is 5. The fourth-order valence-electron chi connectivity index (χ4n) is 3.85. The Balaban J connectivity index is 1.41. The molecule has 0 aliphatic rings. The van der Waals surface area contributed by atoms with Crippen molar-refractivity contribution >= 4 is 17.2 Å². The maximum atomic E-state index is 13.4. The van der Waals surface area contributed by atoms with Crippen molar-refractivity contribution in [1.29, 1.82) is 0 Å². The van der Waals surface area contributed by atoms with Crippen LogP contribution in [0.3, 0.4) is 0 Å². The molecule has 1 heterocycles. The molecular weight excluding hydrogens is 485 g/mol. The third-order valence-electron chi connectivity index (χ3n) is 5.86. The average molecular weight is 518 g/mol. The topological polar surface area (TPSA) is 54.5 Å². The summed E-state index contributed by atoms with van der Waals surface area (Å²) < 4.78 is 19.4. The van der Waals surface area contributed by atoms with E-state index in [2.05, 4.69) is 34.3 Å². The number of thiazole rings is 1. The molecule has 7 heteroatoms. The van der Waals surface area contributed by atoms with Gasteiger partial charge < -0.3 is 10.1 Å². The summed E-state index contributed by atoms with van der Waals surface area (Å²) in [5, 5.41) is 5.60. The molecule has 0 aliphatic heterocycles. The molecule has 0 spiro atoms. The van der Waals surface area contributed by atoms with Gasteiger partial charge in [-0.2, -0.15) is 0 Å². The first kappa shape index (κ1) is 26.5. The summed E-state index contributed by atoms with van der Waals surface area (Å²) in [6, 6.07) is 24.7. The van der Waals surface area contributed by atoms with Gasteiger partial charge in [-0.05, 0) is 47.4 Å². The Bertz CT molecular complexity index is 1240. The van der Waals surface area contributed by atoms with Crippen molar-refractivity contribution in [3.05, 3.63) is 117 Å². The molecule has 0 radical (unpaired) electrons. The second-order valence-electron chi connectivity index (χ2n) is 8.93. The Hall–Kier alpha value is -3.55. The number of aromatic nitrogens is 1. The van der Waals surface area contributed by atoms with Gasteiger partial charge in [0.05, 0.1) is 6.54 Å². The van der Waals surface area contributed by atoms with Gasteiger partial charge in [0.1, 0.15) is 28.9 Å². The summed E-state index contributed by atoms with van der Waals surface area (Å²) in [5.41, 5.74) is 3.72. The second-order valence-corrected chi connectivity index (χ2v) is 9.87. The Labute approximate surface area is 221 Å². The number of halogens is 1. The molecule has 37 heavy (non-hydrogen) atoms. The molecule has 0 aliphatic carbocycles. The molecule has 1 N–H and O–H groups in total. The number of ether oxygens (including phenoxy) is 1. The molecule has 0 saturated heterocycles. The van der Waals surface area contributed by atoms with Gasteiger partial charge in [0.15, 0.2) is 0 Å². The number of amides is 1. The monoisotopic (exact) mass is 517 g/mol.